The van der Waals surface area contributed by atoms with E-state index in [1.165, 1.54) is 0 Å². The number of amidine groups is 2. The zero-order valence-corrected chi connectivity index (χ0v) is 24.0. The first-order valence-electron chi connectivity index (χ1n) is 13.4. The average Bonchev–Trinajstić information content (AvgIpc) is 3.81. The fourth-order valence-corrected chi connectivity index (χ4v) is 5.28. The molecule has 2 fully saturated rings. The number of amides is 1. The van der Waals surface area contributed by atoms with E-state index in [1.807, 2.05) is 26.8 Å². The number of aliphatic imine (C=N–C) groups is 2. The molecule has 5 rings (SSSR count). The van der Waals surface area contributed by atoms with E-state index in [2.05, 4.69) is 33.8 Å². The molecule has 1 amide bonds. The van der Waals surface area contributed by atoms with Gasteiger partial charge in [-0.3, -0.25) is 14.7 Å². The molecule has 1 N–H and O–H groups in total. The van der Waals surface area contributed by atoms with Crippen molar-refractivity contribution in [2.75, 3.05) is 6.26 Å². The number of hydrogen-bond acceptors (Lipinski definition) is 8. The Morgan fingerprint density at radius 1 is 1.23 bits per heavy atom. The van der Waals surface area contributed by atoms with Crippen molar-refractivity contribution >= 4 is 34.5 Å². The molecule has 2 aromatic heterocycles. The summed E-state index contributed by atoms with van der Waals surface area (Å²) in [6, 6.07) is 3.55. The van der Waals surface area contributed by atoms with Gasteiger partial charge in [0.2, 0.25) is 0 Å². The van der Waals surface area contributed by atoms with Gasteiger partial charge in [0, 0.05) is 17.5 Å². The average molecular weight is 546 g/mol. The minimum Gasteiger partial charge on any atom is -0.612 e. The largest absolute Gasteiger partial charge is 0.612 e. The quantitative estimate of drug-likeness (QED) is 0.495. The van der Waals surface area contributed by atoms with E-state index >= 15 is 0 Å². The van der Waals surface area contributed by atoms with Gasteiger partial charge in [0.1, 0.15) is 18.3 Å². The lowest BCUT2D eigenvalue weighted by atomic mass is 10.0. The van der Waals surface area contributed by atoms with Gasteiger partial charge >= 0.3 is 0 Å². The van der Waals surface area contributed by atoms with Crippen LogP contribution >= 0.6 is 0 Å². The first-order valence-corrected chi connectivity index (χ1v) is 14.9. The summed E-state index contributed by atoms with van der Waals surface area (Å²) in [6.07, 6.45) is 9.18. The summed E-state index contributed by atoms with van der Waals surface area (Å²) in [5.74, 6) is 1.38. The van der Waals surface area contributed by atoms with Crippen LogP contribution in [0.5, 0.6) is 0 Å². The predicted molar refractivity (Wildman–Crippen MR) is 153 cm³/mol. The molecule has 0 aromatic carbocycles. The molecule has 0 saturated heterocycles. The summed E-state index contributed by atoms with van der Waals surface area (Å²) in [7, 11) is 0. The van der Waals surface area contributed by atoms with Crippen molar-refractivity contribution in [1.29, 1.82) is 0 Å². The first kappa shape index (κ1) is 27.2. The Labute approximate surface area is 232 Å². The molecular weight excluding hydrogens is 510 g/mol. The van der Waals surface area contributed by atoms with E-state index in [4.69, 9.17) is 9.98 Å². The maximum absolute atomic E-state index is 13.9. The van der Waals surface area contributed by atoms with E-state index in [-0.39, 0.29) is 17.8 Å². The number of nitrogens with one attached hydrogen (secondary N) is 1. The molecule has 3 heterocycles. The lowest BCUT2D eigenvalue weighted by molar-refractivity contribution is -0.122. The first-order chi connectivity index (χ1) is 18.7. The lowest BCUT2D eigenvalue weighted by Crippen LogP contribution is -2.54. The smallest absolute Gasteiger partial charge is 0.295 e. The predicted octanol–water partition coefficient (Wildman–Crippen LogP) is 4.29. The van der Waals surface area contributed by atoms with Crippen LogP contribution in [0, 0.1) is 12.8 Å². The number of nitrogens with zero attached hydrogens (tertiary/aromatic N) is 6. The van der Waals surface area contributed by atoms with Crippen molar-refractivity contribution in [3.8, 4) is 0 Å². The van der Waals surface area contributed by atoms with Crippen molar-refractivity contribution < 1.29 is 9.35 Å². The van der Waals surface area contributed by atoms with E-state index in [9.17, 15) is 9.35 Å². The summed E-state index contributed by atoms with van der Waals surface area (Å²) < 4.78 is 11.7. The second-order valence-corrected chi connectivity index (χ2v) is 12.1. The van der Waals surface area contributed by atoms with Gasteiger partial charge < -0.3 is 9.87 Å². The summed E-state index contributed by atoms with van der Waals surface area (Å²) in [4.78, 5) is 39.5. The molecule has 3 aliphatic rings. The molecule has 0 spiro atoms. The molecule has 2 atom stereocenters. The molecule has 2 aliphatic carbocycles. The molecule has 10 heteroatoms. The molecule has 0 bridgehead atoms. The van der Waals surface area contributed by atoms with Crippen molar-refractivity contribution in [3.63, 3.8) is 0 Å². The summed E-state index contributed by atoms with van der Waals surface area (Å²) >= 11 is -1.10. The Balaban J connectivity index is 1.50. The van der Waals surface area contributed by atoms with E-state index in [0.29, 0.717) is 40.5 Å². The number of pyridine rings is 1. The lowest BCUT2D eigenvalue weighted by Gasteiger charge is -2.35. The maximum Gasteiger partial charge on any atom is 0.295 e. The van der Waals surface area contributed by atoms with Crippen molar-refractivity contribution in [2.24, 2.45) is 15.9 Å². The number of rotatable bonds is 8. The van der Waals surface area contributed by atoms with Crippen LogP contribution in [0.25, 0.3) is 5.70 Å². The van der Waals surface area contributed by atoms with Crippen molar-refractivity contribution in [1.82, 2.24) is 25.2 Å². The third kappa shape index (κ3) is 5.81. The molecule has 0 radical (unpaired) electrons. The Morgan fingerprint density at radius 2 is 1.97 bits per heavy atom. The van der Waals surface area contributed by atoms with Crippen LogP contribution in [0.15, 0.2) is 57.4 Å². The number of carbonyl (C=O) groups excluding carboxylic acids is 1. The van der Waals surface area contributed by atoms with Crippen LogP contribution in [0.3, 0.4) is 0 Å². The van der Waals surface area contributed by atoms with Crippen LogP contribution in [-0.2, 0) is 22.5 Å². The van der Waals surface area contributed by atoms with E-state index < -0.39 is 11.2 Å². The zero-order chi connectivity index (χ0) is 27.8. The number of allylic oxidation sites excluding steroid dienone is 1. The molecule has 9 nitrogen and oxygen atoms in total. The van der Waals surface area contributed by atoms with E-state index in [0.717, 1.165) is 53.9 Å². The monoisotopic (exact) mass is 545 g/mol. The van der Waals surface area contributed by atoms with Crippen LogP contribution in [0.2, 0.25) is 0 Å². The third-order valence-corrected chi connectivity index (χ3v) is 8.30. The number of aromatic nitrogens is 3. The van der Waals surface area contributed by atoms with Gasteiger partial charge in [0.05, 0.1) is 35.5 Å². The normalized spacial score (nSPS) is 20.1. The number of aryl methyl sites for hydroxylation is 1. The summed E-state index contributed by atoms with van der Waals surface area (Å²) in [5.41, 5.74) is 5.54. The number of carbonyl (C=O) groups is 1. The minimum absolute atomic E-state index is 0.0429. The molecular formula is C29H35N7O2S. The Hall–Kier alpha value is -3.37. The second-order valence-electron chi connectivity index (χ2n) is 10.7. The van der Waals surface area contributed by atoms with Gasteiger partial charge in [-0.15, -0.1) is 0 Å². The highest BCUT2D eigenvalue weighted by atomic mass is 32.2. The SMILES string of the molecule is C=C(/N=C1\C(=C(C)C)N=C(NCc2ccc([S+](C)[O-])cn2)C(=O)N1C(C)C1CC1)c1c(C)ncnc1C1CC1. The maximum atomic E-state index is 13.9. The second kappa shape index (κ2) is 11.0. The fourth-order valence-electron chi connectivity index (χ4n) is 4.82. The van der Waals surface area contributed by atoms with Crippen LogP contribution < -0.4 is 5.32 Å². The molecule has 204 valence electrons. The highest BCUT2D eigenvalue weighted by molar-refractivity contribution is 7.90. The zero-order valence-electron chi connectivity index (χ0n) is 23.2. The van der Waals surface area contributed by atoms with Gasteiger partial charge in [0.25, 0.3) is 5.91 Å². The van der Waals surface area contributed by atoms with Crippen LogP contribution in [0.4, 0.5) is 0 Å². The summed E-state index contributed by atoms with van der Waals surface area (Å²) in [6.45, 7) is 12.6. The van der Waals surface area contributed by atoms with Crippen LogP contribution in [0.1, 0.15) is 75.0 Å². The topological polar surface area (TPSA) is 119 Å². The van der Waals surface area contributed by atoms with Gasteiger partial charge in [-0.1, -0.05) is 6.58 Å². The highest BCUT2D eigenvalue weighted by Crippen LogP contribution is 2.43. The van der Waals surface area contributed by atoms with Gasteiger partial charge in [-0.25, -0.2) is 20.0 Å². The van der Waals surface area contributed by atoms with Crippen molar-refractivity contribution in [3.05, 3.63) is 65.2 Å². The van der Waals surface area contributed by atoms with Gasteiger partial charge in [-0.05, 0) is 88.2 Å². The summed E-state index contributed by atoms with van der Waals surface area (Å²) in [5, 5.41) is 3.20. The standard InChI is InChI=1S/C29H35N7O2S/c1-16(2)25-28(34-18(4)24-17(3)32-15-33-26(24)21-9-10-21)36(19(5)20-7-8-20)29(37)27(35-25)31-13-22-11-12-23(14-30-22)39(6)38/h11-12,14-15,19-21H,4,7-10,13H2,1-3,5-6H3,(H,31,35)/b34-28+. The molecule has 2 saturated carbocycles. The Kier molecular flexibility index (Phi) is 7.68. The van der Waals surface area contributed by atoms with E-state index in [1.54, 1.807) is 29.7 Å². The van der Waals surface area contributed by atoms with Crippen LogP contribution in [-0.4, -0.2) is 54.3 Å². The molecule has 1 aliphatic heterocycles. The van der Waals surface area contributed by atoms with Gasteiger partial charge in [-0.2, -0.15) is 0 Å². The van der Waals surface area contributed by atoms with Gasteiger partial charge in [0.15, 0.2) is 16.6 Å². The fraction of sp³-hybridized carbons (Fsp3) is 0.448. The molecule has 39 heavy (non-hydrogen) atoms. The highest BCUT2D eigenvalue weighted by Gasteiger charge is 2.42. The Morgan fingerprint density at radius 3 is 2.56 bits per heavy atom. The minimum atomic E-state index is -1.10. The molecule has 2 aromatic rings. The molecule has 2 unspecified atom stereocenters. The Bertz CT molecular complexity index is 1380. The third-order valence-electron chi connectivity index (χ3n) is 7.40. The number of hydrogen-bond donors (Lipinski definition) is 1. The van der Waals surface area contributed by atoms with Crippen molar-refractivity contribution in [2.45, 2.75) is 76.8 Å².